The molecule has 1 aromatic carbocycles. The van der Waals surface area contributed by atoms with Crippen LogP contribution in [0.1, 0.15) is 24.2 Å². The number of aromatic nitrogens is 2. The summed E-state index contributed by atoms with van der Waals surface area (Å²) in [5.74, 6) is -1.10. The van der Waals surface area contributed by atoms with Gasteiger partial charge in [-0.3, -0.25) is 9.52 Å². The number of benzene rings is 1. The van der Waals surface area contributed by atoms with E-state index in [-0.39, 0.29) is 15.9 Å². The number of carbonyl (C=O) groups excluding carboxylic acids is 1. The van der Waals surface area contributed by atoms with Crippen LogP contribution in [0.3, 0.4) is 0 Å². The lowest BCUT2D eigenvalue weighted by molar-refractivity contribution is -0.119. The van der Waals surface area contributed by atoms with Crippen LogP contribution in [0.4, 0.5) is 5.13 Å². The first-order chi connectivity index (χ1) is 10.2. The molecular weight excluding hydrogens is 348 g/mol. The van der Waals surface area contributed by atoms with E-state index in [0.717, 1.165) is 11.5 Å². The zero-order valence-corrected chi connectivity index (χ0v) is 14.1. The topological polar surface area (TPSA) is 115 Å². The third-order valence-corrected chi connectivity index (χ3v) is 5.65. The quantitative estimate of drug-likeness (QED) is 0.844. The molecule has 10 heteroatoms. The molecule has 1 heterocycles. The molecule has 0 spiro atoms. The second-order valence-corrected chi connectivity index (χ2v) is 7.36. The fourth-order valence-electron chi connectivity index (χ4n) is 1.63. The Morgan fingerprint density at radius 2 is 2.14 bits per heavy atom. The van der Waals surface area contributed by atoms with Gasteiger partial charge in [0.25, 0.3) is 10.0 Å². The van der Waals surface area contributed by atoms with Gasteiger partial charge in [0.15, 0.2) is 5.82 Å². The van der Waals surface area contributed by atoms with Crippen molar-refractivity contribution in [3.63, 3.8) is 0 Å². The van der Waals surface area contributed by atoms with Crippen molar-refractivity contribution in [3.05, 3.63) is 34.6 Å². The van der Waals surface area contributed by atoms with E-state index in [4.69, 9.17) is 17.3 Å². The highest BCUT2D eigenvalue weighted by Crippen LogP contribution is 2.26. The average Bonchev–Trinajstić information content (AvgIpc) is 2.88. The Hall–Kier alpha value is -1.71. The summed E-state index contributed by atoms with van der Waals surface area (Å²) in [5, 5.41) is 0.408. The summed E-state index contributed by atoms with van der Waals surface area (Å²) in [4.78, 5) is 15.1. The van der Waals surface area contributed by atoms with E-state index in [1.54, 1.807) is 26.0 Å². The molecule has 0 radical (unpaired) electrons. The number of hydrogen-bond acceptors (Lipinski definition) is 6. The monoisotopic (exact) mass is 360 g/mol. The summed E-state index contributed by atoms with van der Waals surface area (Å²) >= 11 is 6.77. The summed E-state index contributed by atoms with van der Waals surface area (Å²) in [6.45, 7) is 3.15. The molecular formula is C12H13ClN4O3S2. The molecule has 1 atom stereocenters. The first-order valence-corrected chi connectivity index (χ1v) is 8.76. The van der Waals surface area contributed by atoms with Crippen molar-refractivity contribution in [1.29, 1.82) is 0 Å². The number of nitrogens with zero attached hydrogens (tertiary/aromatic N) is 2. The third-order valence-electron chi connectivity index (χ3n) is 2.98. The number of anilines is 1. The summed E-state index contributed by atoms with van der Waals surface area (Å²) in [6, 6.07) is 4.59. The van der Waals surface area contributed by atoms with Crippen LogP contribution in [0.5, 0.6) is 0 Å². The SMILES string of the molecule is Cc1c(Cl)cccc1S(=O)(=O)Nc1nc(C(C)C(N)=O)ns1. The molecule has 0 saturated carbocycles. The third kappa shape index (κ3) is 3.37. The van der Waals surface area contributed by atoms with Gasteiger partial charge in [0, 0.05) is 16.6 Å². The van der Waals surface area contributed by atoms with E-state index in [2.05, 4.69) is 14.1 Å². The van der Waals surface area contributed by atoms with Crippen LogP contribution < -0.4 is 10.5 Å². The zero-order chi connectivity index (χ0) is 16.5. The van der Waals surface area contributed by atoms with Crippen LogP contribution in [-0.2, 0) is 14.8 Å². The molecule has 1 unspecified atom stereocenters. The molecule has 22 heavy (non-hydrogen) atoms. The van der Waals surface area contributed by atoms with Gasteiger partial charge in [-0.15, -0.1) is 0 Å². The van der Waals surface area contributed by atoms with Crippen molar-refractivity contribution < 1.29 is 13.2 Å². The Kier molecular flexibility index (Phi) is 4.69. The summed E-state index contributed by atoms with van der Waals surface area (Å²) in [5.41, 5.74) is 5.60. The predicted octanol–water partition coefficient (Wildman–Crippen LogP) is 1.89. The molecule has 2 rings (SSSR count). The lowest BCUT2D eigenvalue weighted by Gasteiger charge is -2.08. The van der Waals surface area contributed by atoms with Gasteiger partial charge in [0.2, 0.25) is 11.0 Å². The van der Waals surface area contributed by atoms with Crippen LogP contribution in [0.2, 0.25) is 5.02 Å². The zero-order valence-electron chi connectivity index (χ0n) is 11.7. The highest BCUT2D eigenvalue weighted by molar-refractivity contribution is 7.93. The molecule has 118 valence electrons. The van der Waals surface area contributed by atoms with Crippen LogP contribution >= 0.6 is 23.1 Å². The van der Waals surface area contributed by atoms with Crippen molar-refractivity contribution in [2.75, 3.05) is 4.72 Å². The number of rotatable bonds is 5. The Balaban J connectivity index is 2.30. The fourth-order valence-corrected chi connectivity index (χ4v) is 4.01. The minimum atomic E-state index is -3.84. The number of amides is 1. The van der Waals surface area contributed by atoms with E-state index in [9.17, 15) is 13.2 Å². The maximum Gasteiger partial charge on any atom is 0.264 e. The van der Waals surface area contributed by atoms with Crippen LogP contribution in [0.25, 0.3) is 0 Å². The van der Waals surface area contributed by atoms with Crippen LogP contribution in [0, 0.1) is 6.92 Å². The minimum absolute atomic E-state index is 0.0553. The first kappa shape index (κ1) is 16.7. The largest absolute Gasteiger partial charge is 0.369 e. The highest BCUT2D eigenvalue weighted by Gasteiger charge is 2.22. The van der Waals surface area contributed by atoms with Gasteiger partial charge in [0.1, 0.15) is 0 Å². The van der Waals surface area contributed by atoms with Crippen molar-refractivity contribution in [2.45, 2.75) is 24.7 Å². The predicted molar refractivity (Wildman–Crippen MR) is 84.5 cm³/mol. The van der Waals surface area contributed by atoms with Gasteiger partial charge in [-0.1, -0.05) is 17.7 Å². The first-order valence-electron chi connectivity index (χ1n) is 6.13. The molecule has 3 N–H and O–H groups in total. The van der Waals surface area contributed by atoms with Crippen molar-refractivity contribution in [3.8, 4) is 0 Å². The van der Waals surface area contributed by atoms with Gasteiger partial charge in [0.05, 0.1) is 10.8 Å². The average molecular weight is 361 g/mol. The van der Waals surface area contributed by atoms with Gasteiger partial charge in [-0.05, 0) is 31.5 Å². The Labute approximate surface area is 136 Å². The van der Waals surface area contributed by atoms with Gasteiger partial charge in [-0.2, -0.15) is 4.37 Å². The number of nitrogens with two attached hydrogens (primary N) is 1. The van der Waals surface area contributed by atoms with Crippen molar-refractivity contribution in [2.24, 2.45) is 5.73 Å². The fraction of sp³-hybridized carbons (Fsp3) is 0.250. The van der Waals surface area contributed by atoms with E-state index in [1.807, 2.05) is 0 Å². The van der Waals surface area contributed by atoms with E-state index in [0.29, 0.717) is 10.6 Å². The maximum atomic E-state index is 12.4. The van der Waals surface area contributed by atoms with E-state index < -0.39 is 21.8 Å². The van der Waals surface area contributed by atoms with E-state index in [1.165, 1.54) is 6.07 Å². The smallest absolute Gasteiger partial charge is 0.264 e. The summed E-state index contributed by atoms with van der Waals surface area (Å²) in [7, 11) is -3.84. The highest BCUT2D eigenvalue weighted by atomic mass is 35.5. The lowest BCUT2D eigenvalue weighted by Crippen LogP contribution is -2.20. The second kappa shape index (κ2) is 6.19. The summed E-state index contributed by atoms with van der Waals surface area (Å²) in [6.07, 6.45) is 0. The van der Waals surface area contributed by atoms with Crippen LogP contribution in [0.15, 0.2) is 23.1 Å². The Morgan fingerprint density at radius 1 is 1.45 bits per heavy atom. The molecule has 0 aliphatic carbocycles. The maximum absolute atomic E-state index is 12.4. The van der Waals surface area contributed by atoms with Crippen molar-refractivity contribution >= 4 is 44.2 Å². The normalized spacial score (nSPS) is 12.9. The summed E-state index contributed by atoms with van der Waals surface area (Å²) < 4.78 is 31.0. The molecule has 0 fully saturated rings. The van der Waals surface area contributed by atoms with Gasteiger partial charge >= 0.3 is 0 Å². The number of primary amides is 1. The molecule has 7 nitrogen and oxygen atoms in total. The molecule has 0 aliphatic heterocycles. The molecule has 0 saturated heterocycles. The lowest BCUT2D eigenvalue weighted by atomic mass is 10.1. The molecule has 0 aliphatic rings. The molecule has 0 bridgehead atoms. The molecule has 1 amide bonds. The van der Waals surface area contributed by atoms with E-state index >= 15 is 0 Å². The number of sulfonamides is 1. The number of hydrogen-bond donors (Lipinski definition) is 2. The number of halogens is 1. The van der Waals surface area contributed by atoms with Gasteiger partial charge in [-0.25, -0.2) is 13.4 Å². The Morgan fingerprint density at radius 3 is 2.77 bits per heavy atom. The second-order valence-electron chi connectivity index (χ2n) is 4.55. The Bertz CT molecular complexity index is 820. The standard InChI is InChI=1S/C12H13ClN4O3S2/c1-6-8(13)4-3-5-9(6)22(19,20)17-12-15-11(16-21-12)7(2)10(14)18/h3-5,7H,1-2H3,(H2,14,18)(H,15,16,17). The van der Waals surface area contributed by atoms with Crippen LogP contribution in [-0.4, -0.2) is 23.7 Å². The minimum Gasteiger partial charge on any atom is -0.369 e. The van der Waals surface area contributed by atoms with Crippen molar-refractivity contribution in [1.82, 2.24) is 9.36 Å². The number of nitrogens with one attached hydrogen (secondary N) is 1. The van der Waals surface area contributed by atoms with Gasteiger partial charge < -0.3 is 5.73 Å². The molecule has 2 aromatic rings. The number of carbonyl (C=O) groups is 1. The molecule has 1 aromatic heterocycles.